The Balaban J connectivity index is 1.66. The molecule has 1 aliphatic heterocycles. The summed E-state index contributed by atoms with van der Waals surface area (Å²) in [6.07, 6.45) is 8.37. The van der Waals surface area contributed by atoms with Crippen LogP contribution in [0.15, 0.2) is 52.6 Å². The highest BCUT2D eigenvalue weighted by molar-refractivity contribution is 7.99. The number of carbonyl (C=O) groups excluding carboxylic acids is 1. The van der Waals surface area contributed by atoms with Crippen molar-refractivity contribution in [2.75, 3.05) is 31.6 Å². The molecule has 1 N–H and O–H groups in total. The van der Waals surface area contributed by atoms with Gasteiger partial charge in [0.1, 0.15) is 5.03 Å². The van der Waals surface area contributed by atoms with Gasteiger partial charge in [-0.3, -0.25) is 9.88 Å². The number of pyridine rings is 1. The zero-order valence-corrected chi connectivity index (χ0v) is 21.3. The van der Waals surface area contributed by atoms with Crippen molar-refractivity contribution in [3.63, 3.8) is 0 Å². The second-order valence-electron chi connectivity index (χ2n) is 9.29. The summed E-state index contributed by atoms with van der Waals surface area (Å²) >= 11 is 1.73. The maximum absolute atomic E-state index is 13.2. The van der Waals surface area contributed by atoms with Crippen LogP contribution in [0.2, 0.25) is 0 Å². The fraction of sp³-hybridized carbons (Fsp3) is 0.481. The molecule has 34 heavy (non-hydrogen) atoms. The monoisotopic (exact) mass is 477 g/mol. The van der Waals surface area contributed by atoms with E-state index in [4.69, 9.17) is 0 Å². The lowest BCUT2D eigenvalue weighted by Gasteiger charge is -2.44. The summed E-state index contributed by atoms with van der Waals surface area (Å²) < 4.78 is 2.06. The number of benzene rings is 1. The van der Waals surface area contributed by atoms with Gasteiger partial charge in [-0.2, -0.15) is 0 Å². The van der Waals surface area contributed by atoms with Crippen LogP contribution in [0.25, 0.3) is 10.9 Å². The lowest BCUT2D eigenvalue weighted by molar-refractivity contribution is 0.123. The van der Waals surface area contributed by atoms with Crippen LogP contribution in [-0.2, 0) is 6.42 Å². The van der Waals surface area contributed by atoms with Crippen LogP contribution in [0.3, 0.4) is 0 Å². The third-order valence-electron chi connectivity index (χ3n) is 7.42. The molecule has 1 fully saturated rings. The van der Waals surface area contributed by atoms with E-state index in [0.29, 0.717) is 25.0 Å². The van der Waals surface area contributed by atoms with E-state index >= 15 is 0 Å². The Morgan fingerprint density at radius 3 is 2.71 bits per heavy atom. The molecule has 0 spiro atoms. The van der Waals surface area contributed by atoms with E-state index in [2.05, 4.69) is 45.1 Å². The molecule has 2 atom stereocenters. The molecule has 1 aromatic carbocycles. The van der Waals surface area contributed by atoms with E-state index in [-0.39, 0.29) is 6.03 Å². The predicted octanol–water partition coefficient (Wildman–Crippen LogP) is 5.71. The largest absolute Gasteiger partial charge is 0.336 e. The maximum Gasteiger partial charge on any atom is 0.336 e. The van der Waals surface area contributed by atoms with Gasteiger partial charge in [0.15, 0.2) is 0 Å². The van der Waals surface area contributed by atoms with E-state index in [0.717, 1.165) is 28.4 Å². The highest BCUT2D eigenvalue weighted by Gasteiger charge is 2.39. The smallest absolute Gasteiger partial charge is 0.324 e. The number of hydrogen-bond donors (Lipinski definition) is 1. The van der Waals surface area contributed by atoms with Crippen molar-refractivity contribution in [3.05, 3.63) is 53.9 Å². The molecule has 180 valence electrons. The van der Waals surface area contributed by atoms with Crippen molar-refractivity contribution in [3.8, 4) is 0 Å². The van der Waals surface area contributed by atoms with Gasteiger partial charge in [0.05, 0.1) is 5.52 Å². The number of amides is 2. The second-order valence-corrected chi connectivity index (χ2v) is 10.4. The Labute approximate surface area is 206 Å². The average molecular weight is 478 g/mol. The molecular weight excluding hydrogens is 442 g/mol. The van der Waals surface area contributed by atoms with Crippen LogP contribution >= 0.6 is 11.8 Å². The van der Waals surface area contributed by atoms with Crippen molar-refractivity contribution in [1.29, 1.82) is 0 Å². The molecule has 3 aromatic rings. The Kier molecular flexibility index (Phi) is 6.84. The van der Waals surface area contributed by atoms with Gasteiger partial charge in [0.25, 0.3) is 0 Å². The summed E-state index contributed by atoms with van der Waals surface area (Å²) in [4.78, 5) is 23.0. The number of likely N-dealkylation sites (tertiary alicyclic amines) is 1. The molecule has 0 bridgehead atoms. The van der Waals surface area contributed by atoms with E-state index in [1.807, 2.05) is 43.3 Å². The molecule has 1 saturated heterocycles. The first-order chi connectivity index (χ1) is 16.7. The topological polar surface area (TPSA) is 53.4 Å². The average Bonchev–Trinajstić information content (AvgIpc) is 3.14. The number of rotatable bonds is 7. The normalized spacial score (nSPS) is 19.7. The van der Waals surface area contributed by atoms with Gasteiger partial charge < -0.3 is 4.90 Å². The van der Waals surface area contributed by atoms with Crippen molar-refractivity contribution in [1.82, 2.24) is 19.5 Å². The van der Waals surface area contributed by atoms with Gasteiger partial charge in [-0.05, 0) is 81.9 Å². The Morgan fingerprint density at radius 1 is 1.18 bits per heavy atom. The summed E-state index contributed by atoms with van der Waals surface area (Å²) in [5.74, 6) is 0.560. The minimum Gasteiger partial charge on any atom is -0.324 e. The molecule has 7 heteroatoms. The zero-order valence-electron chi connectivity index (χ0n) is 20.5. The lowest BCUT2D eigenvalue weighted by atomic mass is 9.75. The molecule has 0 radical (unpaired) electrons. The molecule has 2 aliphatic rings. The molecule has 6 nitrogen and oxygen atoms in total. The molecule has 0 unspecified atom stereocenters. The third-order valence-corrected chi connectivity index (χ3v) is 8.55. The minimum absolute atomic E-state index is 0.0558. The van der Waals surface area contributed by atoms with E-state index in [9.17, 15) is 4.79 Å². The summed E-state index contributed by atoms with van der Waals surface area (Å²) in [6.45, 7) is 10.0. The van der Waals surface area contributed by atoms with Crippen molar-refractivity contribution >= 4 is 28.7 Å². The zero-order chi connectivity index (χ0) is 23.7. The maximum atomic E-state index is 13.2. The highest BCUT2D eigenvalue weighted by atomic mass is 32.2. The van der Waals surface area contributed by atoms with Crippen LogP contribution in [0, 0.1) is 0 Å². The summed E-state index contributed by atoms with van der Waals surface area (Å²) in [7, 11) is 0. The number of carbonyl (C=O) groups is 1. The standard InChI is InChI=1S/C27H35N5OS/c1-4-16-31-17-8-10-20-21-9-7-11-23-25(21)22(18-24(20)31)26(34-19-12-14-28-15-13-19)32(23)29-27(33)30(5-2)6-3/h7,9,11-15,20,24H,4-6,8,10,16-18H2,1-3H3,(H,29,33)/t20-,24-/m1/s1. The van der Waals surface area contributed by atoms with Crippen molar-refractivity contribution in [2.24, 2.45) is 0 Å². The number of aromatic nitrogens is 2. The number of nitrogens with one attached hydrogen (secondary N) is 1. The Hall–Kier alpha value is -2.51. The third kappa shape index (κ3) is 4.09. The van der Waals surface area contributed by atoms with Crippen LogP contribution in [0.1, 0.15) is 57.1 Å². The molecule has 5 rings (SSSR count). The van der Waals surface area contributed by atoms with E-state index < -0.39 is 0 Å². The van der Waals surface area contributed by atoms with Gasteiger partial charge in [-0.25, -0.2) is 14.9 Å². The first-order valence-corrected chi connectivity index (χ1v) is 13.5. The van der Waals surface area contributed by atoms with Crippen molar-refractivity contribution < 1.29 is 4.79 Å². The lowest BCUT2D eigenvalue weighted by Crippen LogP contribution is -2.47. The first-order valence-electron chi connectivity index (χ1n) is 12.7. The van der Waals surface area contributed by atoms with Crippen LogP contribution in [0.4, 0.5) is 4.79 Å². The van der Waals surface area contributed by atoms with Crippen LogP contribution in [-0.4, -0.2) is 57.7 Å². The fourth-order valence-electron chi connectivity index (χ4n) is 5.87. The summed E-state index contributed by atoms with van der Waals surface area (Å²) in [5, 5.41) is 2.47. The number of hydrogen-bond acceptors (Lipinski definition) is 4. The quantitative estimate of drug-likeness (QED) is 0.474. The van der Waals surface area contributed by atoms with E-state index in [1.165, 1.54) is 42.3 Å². The van der Waals surface area contributed by atoms with Crippen molar-refractivity contribution in [2.45, 2.75) is 68.3 Å². The van der Waals surface area contributed by atoms with Gasteiger partial charge in [0.2, 0.25) is 0 Å². The van der Waals surface area contributed by atoms with Crippen LogP contribution in [0.5, 0.6) is 0 Å². The number of urea groups is 1. The number of piperidine rings is 1. The molecule has 0 saturated carbocycles. The predicted molar refractivity (Wildman–Crippen MR) is 139 cm³/mol. The second kappa shape index (κ2) is 10.0. The molecule has 2 amide bonds. The molecule has 2 aromatic heterocycles. The van der Waals surface area contributed by atoms with Crippen LogP contribution < -0.4 is 5.43 Å². The Bertz CT molecular complexity index is 1150. The Morgan fingerprint density at radius 2 is 1.97 bits per heavy atom. The molecule has 1 aliphatic carbocycles. The molecular formula is C27H35N5OS. The van der Waals surface area contributed by atoms with Gasteiger partial charge in [-0.1, -0.05) is 30.8 Å². The van der Waals surface area contributed by atoms with Gasteiger partial charge in [-0.15, -0.1) is 0 Å². The summed E-state index contributed by atoms with van der Waals surface area (Å²) in [5.41, 5.74) is 7.19. The highest BCUT2D eigenvalue weighted by Crippen LogP contribution is 2.48. The fourth-order valence-corrected chi connectivity index (χ4v) is 6.90. The SMILES string of the molecule is CCCN1CCC[C@@H]2c3cccc4c3c(c(Sc3ccncc3)n4NC(=O)N(CC)CC)C[C@H]21. The first kappa shape index (κ1) is 23.2. The molecule has 3 heterocycles. The van der Waals surface area contributed by atoms with Gasteiger partial charge >= 0.3 is 6.03 Å². The summed E-state index contributed by atoms with van der Waals surface area (Å²) in [6, 6.07) is 11.2. The van der Waals surface area contributed by atoms with E-state index in [1.54, 1.807) is 11.8 Å². The number of fused-ring (bicyclic) bond motifs is 2. The number of nitrogens with zero attached hydrogens (tertiary/aromatic N) is 4. The van der Waals surface area contributed by atoms with Gasteiger partial charge in [0, 0.05) is 47.7 Å². The minimum atomic E-state index is -0.0558.